The summed E-state index contributed by atoms with van der Waals surface area (Å²) in [5, 5.41) is 12.0. The van der Waals surface area contributed by atoms with E-state index < -0.39 is 0 Å². The van der Waals surface area contributed by atoms with Crippen molar-refractivity contribution in [1.82, 2.24) is 0 Å². The first-order chi connectivity index (χ1) is 20.0. The highest BCUT2D eigenvalue weighted by Crippen LogP contribution is 2.38. The first-order valence-corrected chi connectivity index (χ1v) is 15.8. The van der Waals surface area contributed by atoms with E-state index in [0.717, 1.165) is 60.3 Å². The minimum atomic E-state index is -0.343. The van der Waals surface area contributed by atoms with Gasteiger partial charge in [-0.05, 0) is 66.6 Å². The standard InChI is InChI=1S/C36H49NO4/c1-4-6-8-10-11-12-13-17-27-40-32-24-21-30(22-25-32)33-19-15-16-20-34(33)31-23-26-36(35(28-31)37(38)39)41-29(3)18-14-9-7-5-2/h15-16,19-26,28-29H,4-14,17-18,27H2,1-3H3/t29-/m1/s1. The Labute approximate surface area is 247 Å². The Bertz CT molecular complexity index is 1170. The van der Waals surface area contributed by atoms with Crippen LogP contribution in [0.5, 0.6) is 11.5 Å². The van der Waals surface area contributed by atoms with Gasteiger partial charge in [0.05, 0.1) is 17.6 Å². The predicted molar refractivity (Wildman–Crippen MR) is 171 cm³/mol. The number of nitro benzene ring substituents is 1. The van der Waals surface area contributed by atoms with Crippen molar-refractivity contribution in [2.24, 2.45) is 0 Å². The molecule has 1 atom stereocenters. The van der Waals surface area contributed by atoms with Gasteiger partial charge in [-0.25, -0.2) is 0 Å². The molecular weight excluding hydrogens is 510 g/mol. The van der Waals surface area contributed by atoms with E-state index in [-0.39, 0.29) is 16.7 Å². The van der Waals surface area contributed by atoms with Gasteiger partial charge in [-0.1, -0.05) is 121 Å². The highest BCUT2D eigenvalue weighted by molar-refractivity contribution is 5.84. The van der Waals surface area contributed by atoms with E-state index in [1.807, 2.05) is 43.3 Å². The summed E-state index contributed by atoms with van der Waals surface area (Å²) in [5.41, 5.74) is 3.81. The van der Waals surface area contributed by atoms with Gasteiger partial charge in [0.15, 0.2) is 5.75 Å². The molecule has 0 aromatic heterocycles. The zero-order valence-corrected chi connectivity index (χ0v) is 25.4. The molecular formula is C36H49NO4. The lowest BCUT2D eigenvalue weighted by Crippen LogP contribution is -2.12. The lowest BCUT2D eigenvalue weighted by molar-refractivity contribution is -0.386. The van der Waals surface area contributed by atoms with Gasteiger partial charge in [-0.15, -0.1) is 0 Å². The molecule has 0 heterocycles. The van der Waals surface area contributed by atoms with Gasteiger partial charge in [0, 0.05) is 6.07 Å². The van der Waals surface area contributed by atoms with E-state index in [9.17, 15) is 10.1 Å². The van der Waals surface area contributed by atoms with Gasteiger partial charge >= 0.3 is 5.69 Å². The maximum absolute atomic E-state index is 12.0. The Morgan fingerprint density at radius 2 is 1.27 bits per heavy atom. The van der Waals surface area contributed by atoms with Crippen molar-refractivity contribution >= 4 is 5.69 Å². The maximum atomic E-state index is 12.0. The second-order valence-electron chi connectivity index (χ2n) is 11.1. The smallest absolute Gasteiger partial charge is 0.311 e. The lowest BCUT2D eigenvalue weighted by Gasteiger charge is -2.16. The van der Waals surface area contributed by atoms with Gasteiger partial charge in [-0.3, -0.25) is 10.1 Å². The second kappa shape index (κ2) is 18.2. The number of hydrogen-bond donors (Lipinski definition) is 0. The Balaban J connectivity index is 1.63. The van der Waals surface area contributed by atoms with Crippen LogP contribution in [0.2, 0.25) is 0 Å². The second-order valence-corrected chi connectivity index (χ2v) is 11.1. The first-order valence-electron chi connectivity index (χ1n) is 15.8. The molecule has 0 aliphatic carbocycles. The quantitative estimate of drug-likeness (QED) is 0.0784. The van der Waals surface area contributed by atoms with Crippen molar-refractivity contribution in [3.8, 4) is 33.8 Å². The van der Waals surface area contributed by atoms with Gasteiger partial charge in [0.1, 0.15) is 5.75 Å². The van der Waals surface area contributed by atoms with Crippen molar-refractivity contribution in [3.05, 3.63) is 76.8 Å². The zero-order chi connectivity index (χ0) is 29.3. The van der Waals surface area contributed by atoms with Crippen LogP contribution in [-0.2, 0) is 0 Å². The van der Waals surface area contributed by atoms with Gasteiger partial charge in [0.25, 0.3) is 0 Å². The van der Waals surface area contributed by atoms with E-state index in [4.69, 9.17) is 9.47 Å². The van der Waals surface area contributed by atoms with Crippen LogP contribution in [0.3, 0.4) is 0 Å². The summed E-state index contributed by atoms with van der Waals surface area (Å²) >= 11 is 0. The number of rotatable bonds is 20. The van der Waals surface area contributed by atoms with Gasteiger partial charge in [0.2, 0.25) is 0 Å². The molecule has 0 aliphatic rings. The summed E-state index contributed by atoms with van der Waals surface area (Å²) in [5.74, 6) is 1.20. The molecule has 3 rings (SSSR count). The molecule has 0 saturated heterocycles. The number of unbranched alkanes of at least 4 members (excludes halogenated alkanes) is 10. The van der Waals surface area contributed by atoms with Crippen molar-refractivity contribution < 1.29 is 14.4 Å². The van der Waals surface area contributed by atoms with Crippen LogP contribution in [0.25, 0.3) is 22.3 Å². The summed E-state index contributed by atoms with van der Waals surface area (Å²) in [4.78, 5) is 11.6. The third-order valence-corrected chi connectivity index (χ3v) is 7.62. The molecule has 0 radical (unpaired) electrons. The number of nitro groups is 1. The minimum absolute atomic E-state index is 0.00224. The summed E-state index contributed by atoms with van der Waals surface area (Å²) in [6, 6.07) is 21.5. The fourth-order valence-corrected chi connectivity index (χ4v) is 5.20. The summed E-state index contributed by atoms with van der Waals surface area (Å²) in [6.07, 6.45) is 15.7. The number of ether oxygens (including phenoxy) is 2. The third kappa shape index (κ3) is 10.9. The molecule has 3 aromatic rings. The third-order valence-electron chi connectivity index (χ3n) is 7.62. The van der Waals surface area contributed by atoms with Gasteiger partial charge < -0.3 is 9.47 Å². The van der Waals surface area contributed by atoms with Crippen LogP contribution in [0, 0.1) is 10.1 Å². The molecule has 5 heteroatoms. The Kier molecular flexibility index (Phi) is 14.3. The van der Waals surface area contributed by atoms with Crippen molar-refractivity contribution in [1.29, 1.82) is 0 Å². The van der Waals surface area contributed by atoms with Crippen LogP contribution >= 0.6 is 0 Å². The van der Waals surface area contributed by atoms with E-state index in [0.29, 0.717) is 5.75 Å². The Morgan fingerprint density at radius 3 is 1.90 bits per heavy atom. The van der Waals surface area contributed by atoms with E-state index in [2.05, 4.69) is 32.0 Å². The molecule has 0 N–H and O–H groups in total. The molecule has 5 nitrogen and oxygen atoms in total. The average molecular weight is 560 g/mol. The zero-order valence-electron chi connectivity index (χ0n) is 25.4. The molecule has 41 heavy (non-hydrogen) atoms. The molecule has 0 bridgehead atoms. The predicted octanol–water partition coefficient (Wildman–Crippen LogP) is 11.2. The van der Waals surface area contributed by atoms with E-state index in [1.54, 1.807) is 12.1 Å². The highest BCUT2D eigenvalue weighted by atomic mass is 16.6. The number of benzene rings is 3. The van der Waals surface area contributed by atoms with E-state index in [1.165, 1.54) is 57.8 Å². The molecule has 0 aliphatic heterocycles. The highest BCUT2D eigenvalue weighted by Gasteiger charge is 2.20. The normalized spacial score (nSPS) is 11.8. The molecule has 222 valence electrons. The minimum Gasteiger partial charge on any atom is -0.494 e. The number of nitrogens with zero attached hydrogens (tertiary/aromatic N) is 1. The van der Waals surface area contributed by atoms with Crippen molar-refractivity contribution in [3.63, 3.8) is 0 Å². The summed E-state index contributed by atoms with van der Waals surface area (Å²) in [6.45, 7) is 7.16. The van der Waals surface area contributed by atoms with Crippen molar-refractivity contribution in [2.45, 2.75) is 110 Å². The fourth-order valence-electron chi connectivity index (χ4n) is 5.20. The maximum Gasteiger partial charge on any atom is 0.311 e. The van der Waals surface area contributed by atoms with E-state index >= 15 is 0 Å². The first kappa shape index (κ1) is 32.2. The van der Waals surface area contributed by atoms with Crippen LogP contribution in [-0.4, -0.2) is 17.6 Å². The van der Waals surface area contributed by atoms with Crippen molar-refractivity contribution in [2.75, 3.05) is 6.61 Å². The SMILES string of the molecule is CCCCCCCCCCOc1ccc(-c2ccccc2-c2ccc(O[C@H](C)CCCCCC)c([N+](=O)[O-])c2)cc1. The average Bonchev–Trinajstić information content (AvgIpc) is 2.99. The molecule has 0 spiro atoms. The molecule has 0 saturated carbocycles. The topological polar surface area (TPSA) is 61.6 Å². The lowest BCUT2D eigenvalue weighted by atomic mass is 9.94. The Hall–Kier alpha value is -3.34. The largest absolute Gasteiger partial charge is 0.494 e. The number of hydrogen-bond acceptors (Lipinski definition) is 4. The van der Waals surface area contributed by atoms with Crippen LogP contribution in [0.15, 0.2) is 66.7 Å². The van der Waals surface area contributed by atoms with Crippen LogP contribution in [0.1, 0.15) is 104 Å². The van der Waals surface area contributed by atoms with Gasteiger partial charge in [-0.2, -0.15) is 0 Å². The monoisotopic (exact) mass is 559 g/mol. The fraction of sp³-hybridized carbons (Fsp3) is 0.500. The van der Waals surface area contributed by atoms with Crippen LogP contribution < -0.4 is 9.47 Å². The molecule has 0 unspecified atom stereocenters. The molecule has 0 amide bonds. The van der Waals surface area contributed by atoms with Crippen LogP contribution in [0.4, 0.5) is 5.69 Å². The molecule has 3 aromatic carbocycles. The summed E-state index contributed by atoms with van der Waals surface area (Å²) in [7, 11) is 0. The molecule has 0 fully saturated rings. The summed E-state index contributed by atoms with van der Waals surface area (Å²) < 4.78 is 12.0. The Morgan fingerprint density at radius 1 is 0.707 bits per heavy atom.